The second-order valence-corrected chi connectivity index (χ2v) is 5.20. The second-order valence-electron chi connectivity index (χ2n) is 4.80. The monoisotopic (exact) mass is 267 g/mol. The lowest BCUT2D eigenvalue weighted by Gasteiger charge is -2.31. The molecule has 0 aliphatic heterocycles. The van der Waals surface area contributed by atoms with Crippen LogP contribution in [0.15, 0.2) is 12.3 Å². The van der Waals surface area contributed by atoms with E-state index in [2.05, 4.69) is 4.98 Å². The molecule has 0 unspecified atom stereocenters. The summed E-state index contributed by atoms with van der Waals surface area (Å²) in [7, 11) is 1.84. The predicted octanol–water partition coefficient (Wildman–Crippen LogP) is 2.72. The van der Waals surface area contributed by atoms with Gasteiger partial charge in [-0.05, 0) is 18.9 Å². The molecule has 2 N–H and O–H groups in total. The third-order valence-electron chi connectivity index (χ3n) is 3.55. The fraction of sp³-hybridized carbons (Fsp3) is 0.538. The quantitative estimate of drug-likeness (QED) is 0.896. The summed E-state index contributed by atoms with van der Waals surface area (Å²) in [6.45, 7) is 0. The Balaban J connectivity index is 2.16. The van der Waals surface area contributed by atoms with Gasteiger partial charge in [-0.3, -0.25) is 4.79 Å². The SMILES string of the molecule is CN(C(=O)c1cc(N)ncc1Cl)C1CCCCC1. The molecule has 4 nitrogen and oxygen atoms in total. The van der Waals surface area contributed by atoms with Crippen LogP contribution in [0.4, 0.5) is 5.82 Å². The van der Waals surface area contributed by atoms with Gasteiger partial charge in [0.2, 0.25) is 0 Å². The molecule has 1 heterocycles. The molecule has 1 saturated carbocycles. The number of aromatic nitrogens is 1. The average molecular weight is 268 g/mol. The highest BCUT2D eigenvalue weighted by Gasteiger charge is 2.24. The van der Waals surface area contributed by atoms with Gasteiger partial charge in [-0.15, -0.1) is 0 Å². The summed E-state index contributed by atoms with van der Waals surface area (Å²) in [5.41, 5.74) is 6.05. The Kier molecular flexibility index (Phi) is 4.07. The summed E-state index contributed by atoms with van der Waals surface area (Å²) in [5, 5.41) is 0.358. The van der Waals surface area contributed by atoms with E-state index in [4.69, 9.17) is 17.3 Å². The molecule has 0 radical (unpaired) electrons. The smallest absolute Gasteiger partial charge is 0.255 e. The summed E-state index contributed by atoms with van der Waals surface area (Å²) in [5.74, 6) is 0.251. The van der Waals surface area contributed by atoms with Crippen LogP contribution in [0.3, 0.4) is 0 Å². The lowest BCUT2D eigenvalue weighted by atomic mass is 9.94. The number of pyridine rings is 1. The summed E-state index contributed by atoms with van der Waals surface area (Å²) in [6.07, 6.45) is 7.21. The predicted molar refractivity (Wildman–Crippen MR) is 72.6 cm³/mol. The number of nitrogen functional groups attached to an aromatic ring is 1. The summed E-state index contributed by atoms with van der Waals surface area (Å²) >= 11 is 6.01. The van der Waals surface area contributed by atoms with E-state index in [0.717, 1.165) is 12.8 Å². The van der Waals surface area contributed by atoms with E-state index >= 15 is 0 Å². The number of rotatable bonds is 2. The fourth-order valence-electron chi connectivity index (χ4n) is 2.44. The van der Waals surface area contributed by atoms with Crippen LogP contribution in [-0.4, -0.2) is 28.9 Å². The molecule has 0 bridgehead atoms. The lowest BCUT2D eigenvalue weighted by Crippen LogP contribution is -2.38. The molecule has 0 saturated heterocycles. The Hall–Kier alpha value is -1.29. The highest BCUT2D eigenvalue weighted by atomic mass is 35.5. The van der Waals surface area contributed by atoms with Crippen molar-refractivity contribution in [2.24, 2.45) is 0 Å². The van der Waals surface area contributed by atoms with Crippen molar-refractivity contribution in [3.8, 4) is 0 Å². The van der Waals surface area contributed by atoms with Crippen molar-refractivity contribution in [1.29, 1.82) is 0 Å². The van der Waals surface area contributed by atoms with Crippen LogP contribution < -0.4 is 5.73 Å². The highest BCUT2D eigenvalue weighted by molar-refractivity contribution is 6.33. The molecule has 2 rings (SSSR count). The van der Waals surface area contributed by atoms with Gasteiger partial charge < -0.3 is 10.6 Å². The molecular formula is C13H18ClN3O. The van der Waals surface area contributed by atoms with Gasteiger partial charge in [0.25, 0.3) is 5.91 Å². The van der Waals surface area contributed by atoms with Gasteiger partial charge in [0.1, 0.15) is 5.82 Å². The van der Waals surface area contributed by atoms with Crippen molar-refractivity contribution in [2.45, 2.75) is 38.1 Å². The van der Waals surface area contributed by atoms with Crippen molar-refractivity contribution in [3.63, 3.8) is 0 Å². The second kappa shape index (κ2) is 5.57. The van der Waals surface area contributed by atoms with E-state index in [0.29, 0.717) is 22.4 Å². The van der Waals surface area contributed by atoms with Crippen LogP contribution in [0.1, 0.15) is 42.5 Å². The molecule has 1 aliphatic rings. The first-order valence-electron chi connectivity index (χ1n) is 6.28. The Morgan fingerprint density at radius 2 is 2.11 bits per heavy atom. The number of carbonyl (C=O) groups is 1. The Labute approximate surface area is 112 Å². The zero-order valence-corrected chi connectivity index (χ0v) is 11.3. The summed E-state index contributed by atoms with van der Waals surface area (Å²) < 4.78 is 0. The van der Waals surface area contributed by atoms with Crippen molar-refractivity contribution in [1.82, 2.24) is 9.88 Å². The van der Waals surface area contributed by atoms with E-state index in [1.807, 2.05) is 7.05 Å². The van der Waals surface area contributed by atoms with Gasteiger partial charge >= 0.3 is 0 Å². The van der Waals surface area contributed by atoms with E-state index in [1.54, 1.807) is 11.0 Å². The number of halogens is 1. The topological polar surface area (TPSA) is 59.2 Å². The van der Waals surface area contributed by atoms with Crippen molar-refractivity contribution < 1.29 is 4.79 Å². The first-order valence-corrected chi connectivity index (χ1v) is 6.65. The molecule has 1 aromatic heterocycles. The van der Waals surface area contributed by atoms with Gasteiger partial charge in [-0.1, -0.05) is 30.9 Å². The molecular weight excluding hydrogens is 250 g/mol. The molecule has 1 aliphatic carbocycles. The molecule has 0 spiro atoms. The van der Waals surface area contributed by atoms with Crippen molar-refractivity contribution in [3.05, 3.63) is 22.8 Å². The molecule has 0 aromatic carbocycles. The van der Waals surface area contributed by atoms with E-state index in [9.17, 15) is 4.79 Å². The zero-order chi connectivity index (χ0) is 13.1. The minimum absolute atomic E-state index is 0.0685. The molecule has 18 heavy (non-hydrogen) atoms. The maximum absolute atomic E-state index is 12.4. The molecule has 1 fully saturated rings. The Morgan fingerprint density at radius 1 is 1.44 bits per heavy atom. The van der Waals surface area contributed by atoms with Crippen LogP contribution in [0.25, 0.3) is 0 Å². The Bertz CT molecular complexity index is 444. The van der Waals surface area contributed by atoms with Crippen molar-refractivity contribution in [2.75, 3.05) is 12.8 Å². The van der Waals surface area contributed by atoms with E-state index in [-0.39, 0.29) is 5.91 Å². The van der Waals surface area contributed by atoms with E-state index < -0.39 is 0 Å². The molecule has 1 amide bonds. The normalized spacial score (nSPS) is 16.6. The summed E-state index contributed by atoms with van der Waals surface area (Å²) in [6, 6.07) is 1.86. The van der Waals surface area contributed by atoms with Crippen LogP contribution in [0, 0.1) is 0 Å². The molecule has 0 atom stereocenters. The maximum Gasteiger partial charge on any atom is 0.255 e. The number of anilines is 1. The number of nitrogens with zero attached hydrogens (tertiary/aromatic N) is 2. The zero-order valence-electron chi connectivity index (χ0n) is 10.5. The number of hydrogen-bond acceptors (Lipinski definition) is 3. The van der Waals surface area contributed by atoms with Gasteiger partial charge in [0.15, 0.2) is 0 Å². The summed E-state index contributed by atoms with van der Waals surface area (Å²) in [4.78, 5) is 18.0. The van der Waals surface area contributed by atoms with E-state index in [1.165, 1.54) is 25.5 Å². The van der Waals surface area contributed by atoms with Gasteiger partial charge in [-0.25, -0.2) is 4.98 Å². The fourth-order valence-corrected chi connectivity index (χ4v) is 2.63. The number of nitrogens with two attached hydrogens (primary N) is 1. The largest absolute Gasteiger partial charge is 0.384 e. The first-order chi connectivity index (χ1) is 8.59. The number of carbonyl (C=O) groups excluding carboxylic acids is 1. The molecule has 98 valence electrons. The van der Waals surface area contributed by atoms with Crippen LogP contribution in [0.2, 0.25) is 5.02 Å². The Morgan fingerprint density at radius 3 is 2.78 bits per heavy atom. The highest BCUT2D eigenvalue weighted by Crippen LogP contribution is 2.25. The maximum atomic E-state index is 12.4. The van der Waals surface area contributed by atoms with Gasteiger partial charge in [0, 0.05) is 19.3 Å². The first kappa shape index (κ1) is 13.1. The standard InChI is InChI=1S/C13H18ClN3O/c1-17(9-5-3-2-4-6-9)13(18)10-7-12(15)16-8-11(10)14/h7-9H,2-6H2,1H3,(H2,15,16). The van der Waals surface area contributed by atoms with Crippen LogP contribution in [0.5, 0.6) is 0 Å². The number of amides is 1. The van der Waals surface area contributed by atoms with Crippen molar-refractivity contribution >= 4 is 23.3 Å². The average Bonchev–Trinajstić information content (AvgIpc) is 2.41. The molecule has 1 aromatic rings. The lowest BCUT2D eigenvalue weighted by molar-refractivity contribution is 0.0696. The van der Waals surface area contributed by atoms with Gasteiger partial charge in [-0.2, -0.15) is 0 Å². The minimum Gasteiger partial charge on any atom is -0.384 e. The number of hydrogen-bond donors (Lipinski definition) is 1. The van der Waals surface area contributed by atoms with Crippen LogP contribution in [-0.2, 0) is 0 Å². The molecule has 5 heteroatoms. The minimum atomic E-state index is -0.0685. The van der Waals surface area contributed by atoms with Crippen LogP contribution >= 0.6 is 11.6 Å². The third-order valence-corrected chi connectivity index (χ3v) is 3.85. The van der Waals surface area contributed by atoms with Gasteiger partial charge in [0.05, 0.1) is 10.6 Å². The third kappa shape index (κ3) is 2.75.